The van der Waals surface area contributed by atoms with Crippen LogP contribution >= 0.6 is 23.2 Å². The van der Waals surface area contributed by atoms with Gasteiger partial charge >= 0.3 is 0 Å². The van der Waals surface area contributed by atoms with Crippen LogP contribution in [0.3, 0.4) is 0 Å². The van der Waals surface area contributed by atoms with E-state index in [-0.39, 0.29) is 11.0 Å². The molecule has 1 heterocycles. The highest BCUT2D eigenvalue weighted by atomic mass is 35.5. The standard InChI is InChI=1S/C14H7Cl2FN2/c15-9-3-1-8(2-4-9)14-18-12-6-5-10(17)7-11(12)13(16)19-14/h1-7H. The zero-order chi connectivity index (χ0) is 13.4. The van der Waals surface area contributed by atoms with Gasteiger partial charge in [0, 0.05) is 16.0 Å². The summed E-state index contributed by atoms with van der Waals surface area (Å²) in [7, 11) is 0. The van der Waals surface area contributed by atoms with E-state index < -0.39 is 0 Å². The summed E-state index contributed by atoms with van der Waals surface area (Å²) in [5.41, 5.74) is 1.41. The van der Waals surface area contributed by atoms with Crippen molar-refractivity contribution in [2.24, 2.45) is 0 Å². The molecule has 94 valence electrons. The third-order valence-electron chi connectivity index (χ3n) is 2.71. The van der Waals surface area contributed by atoms with Crippen molar-refractivity contribution >= 4 is 34.1 Å². The van der Waals surface area contributed by atoms with Crippen LogP contribution in [-0.2, 0) is 0 Å². The Morgan fingerprint density at radius 1 is 0.895 bits per heavy atom. The van der Waals surface area contributed by atoms with Crippen LogP contribution in [0.1, 0.15) is 0 Å². The van der Waals surface area contributed by atoms with Crippen molar-refractivity contribution in [2.45, 2.75) is 0 Å². The topological polar surface area (TPSA) is 25.8 Å². The van der Waals surface area contributed by atoms with Crippen LogP contribution in [0.15, 0.2) is 42.5 Å². The molecular weight excluding hydrogens is 286 g/mol. The zero-order valence-corrected chi connectivity index (χ0v) is 11.1. The predicted octanol–water partition coefficient (Wildman–Crippen LogP) is 4.74. The van der Waals surface area contributed by atoms with Gasteiger partial charge in [0.15, 0.2) is 5.82 Å². The third-order valence-corrected chi connectivity index (χ3v) is 3.25. The molecule has 1 aromatic heterocycles. The molecule has 0 saturated carbocycles. The van der Waals surface area contributed by atoms with E-state index >= 15 is 0 Å². The Labute approximate surface area is 118 Å². The Balaban J connectivity index is 2.20. The van der Waals surface area contributed by atoms with E-state index in [1.807, 2.05) is 12.1 Å². The van der Waals surface area contributed by atoms with Crippen molar-refractivity contribution in [1.29, 1.82) is 0 Å². The lowest BCUT2D eigenvalue weighted by Crippen LogP contribution is -1.92. The van der Waals surface area contributed by atoms with Crippen molar-refractivity contribution in [3.63, 3.8) is 0 Å². The van der Waals surface area contributed by atoms with Gasteiger partial charge in [-0.2, -0.15) is 0 Å². The fraction of sp³-hybridized carbons (Fsp3) is 0. The second kappa shape index (κ2) is 4.76. The summed E-state index contributed by atoms with van der Waals surface area (Å²) < 4.78 is 13.2. The van der Waals surface area contributed by atoms with Crippen LogP contribution in [0.5, 0.6) is 0 Å². The maximum absolute atomic E-state index is 13.2. The third kappa shape index (κ3) is 2.39. The molecule has 0 atom stereocenters. The van der Waals surface area contributed by atoms with Crippen molar-refractivity contribution in [1.82, 2.24) is 9.97 Å². The van der Waals surface area contributed by atoms with Gasteiger partial charge in [-0.05, 0) is 42.5 Å². The molecule has 0 fully saturated rings. The minimum atomic E-state index is -0.364. The number of nitrogens with zero attached hydrogens (tertiary/aromatic N) is 2. The van der Waals surface area contributed by atoms with E-state index in [2.05, 4.69) is 9.97 Å². The number of hydrogen-bond donors (Lipinski definition) is 0. The molecule has 19 heavy (non-hydrogen) atoms. The summed E-state index contributed by atoms with van der Waals surface area (Å²) in [6, 6.07) is 11.4. The molecule has 0 aliphatic heterocycles. The highest BCUT2D eigenvalue weighted by Crippen LogP contribution is 2.26. The maximum Gasteiger partial charge on any atom is 0.161 e. The van der Waals surface area contributed by atoms with E-state index in [1.165, 1.54) is 12.1 Å². The van der Waals surface area contributed by atoms with E-state index in [0.29, 0.717) is 21.7 Å². The van der Waals surface area contributed by atoms with Crippen LogP contribution in [0.25, 0.3) is 22.3 Å². The molecule has 5 heteroatoms. The summed E-state index contributed by atoms with van der Waals surface area (Å²) in [6.07, 6.45) is 0. The Morgan fingerprint density at radius 3 is 2.37 bits per heavy atom. The van der Waals surface area contributed by atoms with Gasteiger partial charge in [-0.3, -0.25) is 0 Å². The minimum Gasteiger partial charge on any atom is -0.228 e. The zero-order valence-electron chi connectivity index (χ0n) is 9.57. The van der Waals surface area contributed by atoms with Crippen LogP contribution < -0.4 is 0 Å². The molecule has 3 aromatic rings. The van der Waals surface area contributed by atoms with Crippen LogP contribution in [0.4, 0.5) is 4.39 Å². The minimum absolute atomic E-state index is 0.231. The summed E-state index contributed by atoms with van der Waals surface area (Å²) in [6.45, 7) is 0. The number of rotatable bonds is 1. The Bertz CT molecular complexity index is 757. The molecule has 0 saturated heterocycles. The van der Waals surface area contributed by atoms with Gasteiger partial charge in [0.2, 0.25) is 0 Å². The first-order chi connectivity index (χ1) is 9.13. The van der Waals surface area contributed by atoms with Crippen LogP contribution in [0.2, 0.25) is 10.2 Å². The normalized spacial score (nSPS) is 10.9. The Morgan fingerprint density at radius 2 is 1.63 bits per heavy atom. The molecule has 0 aliphatic rings. The van der Waals surface area contributed by atoms with Gasteiger partial charge in [-0.1, -0.05) is 23.2 Å². The molecule has 0 bridgehead atoms. The lowest BCUT2D eigenvalue weighted by atomic mass is 10.2. The Hall–Kier alpha value is -1.71. The molecule has 0 N–H and O–H groups in total. The first-order valence-electron chi connectivity index (χ1n) is 5.52. The smallest absolute Gasteiger partial charge is 0.161 e. The molecule has 2 aromatic carbocycles. The van der Waals surface area contributed by atoms with Gasteiger partial charge in [-0.15, -0.1) is 0 Å². The summed E-state index contributed by atoms with van der Waals surface area (Å²) in [4.78, 5) is 8.56. The molecule has 2 nitrogen and oxygen atoms in total. The van der Waals surface area contributed by atoms with Crippen LogP contribution in [-0.4, -0.2) is 9.97 Å². The molecule has 0 amide bonds. The number of hydrogen-bond acceptors (Lipinski definition) is 2. The lowest BCUT2D eigenvalue weighted by molar-refractivity contribution is 0.629. The van der Waals surface area contributed by atoms with E-state index in [0.717, 1.165) is 5.56 Å². The maximum atomic E-state index is 13.2. The fourth-order valence-electron chi connectivity index (χ4n) is 1.79. The molecule has 0 aliphatic carbocycles. The number of fused-ring (bicyclic) bond motifs is 1. The van der Waals surface area contributed by atoms with Crippen molar-refractivity contribution in [3.8, 4) is 11.4 Å². The highest BCUT2D eigenvalue weighted by molar-refractivity contribution is 6.34. The van der Waals surface area contributed by atoms with E-state index in [4.69, 9.17) is 23.2 Å². The SMILES string of the molecule is Fc1ccc2nc(-c3ccc(Cl)cc3)nc(Cl)c2c1. The van der Waals surface area contributed by atoms with Gasteiger partial charge in [0.25, 0.3) is 0 Å². The number of halogens is 3. The van der Waals surface area contributed by atoms with E-state index in [1.54, 1.807) is 18.2 Å². The van der Waals surface area contributed by atoms with Gasteiger partial charge < -0.3 is 0 Å². The quantitative estimate of drug-likeness (QED) is 0.605. The molecule has 0 spiro atoms. The second-order valence-electron chi connectivity index (χ2n) is 4.01. The lowest BCUT2D eigenvalue weighted by Gasteiger charge is -2.04. The van der Waals surface area contributed by atoms with E-state index in [9.17, 15) is 4.39 Å². The molecule has 0 radical (unpaired) electrons. The first kappa shape index (κ1) is 12.3. The van der Waals surface area contributed by atoms with Crippen molar-refractivity contribution in [2.75, 3.05) is 0 Å². The number of benzene rings is 2. The monoisotopic (exact) mass is 292 g/mol. The highest BCUT2D eigenvalue weighted by Gasteiger charge is 2.08. The largest absolute Gasteiger partial charge is 0.228 e. The van der Waals surface area contributed by atoms with Gasteiger partial charge in [0.05, 0.1) is 5.52 Å². The summed E-state index contributed by atoms with van der Waals surface area (Å²) in [5.74, 6) is 0.123. The summed E-state index contributed by atoms with van der Waals surface area (Å²) >= 11 is 11.9. The summed E-state index contributed by atoms with van der Waals surface area (Å²) in [5, 5.41) is 1.37. The Kier molecular flexibility index (Phi) is 3.09. The van der Waals surface area contributed by atoms with Crippen LogP contribution in [0, 0.1) is 5.82 Å². The number of aromatic nitrogens is 2. The first-order valence-corrected chi connectivity index (χ1v) is 6.28. The second-order valence-corrected chi connectivity index (χ2v) is 4.80. The fourth-order valence-corrected chi connectivity index (χ4v) is 2.15. The van der Waals surface area contributed by atoms with Crippen molar-refractivity contribution in [3.05, 3.63) is 58.5 Å². The van der Waals surface area contributed by atoms with Crippen molar-refractivity contribution < 1.29 is 4.39 Å². The predicted molar refractivity (Wildman–Crippen MR) is 75.0 cm³/mol. The molecule has 3 rings (SSSR count). The van der Waals surface area contributed by atoms with Gasteiger partial charge in [0.1, 0.15) is 11.0 Å². The molecule has 0 unspecified atom stereocenters. The molecular formula is C14H7Cl2FN2. The van der Waals surface area contributed by atoms with Gasteiger partial charge in [-0.25, -0.2) is 14.4 Å². The average Bonchev–Trinajstić information content (AvgIpc) is 2.40. The average molecular weight is 293 g/mol.